The molecule has 0 saturated carbocycles. The van der Waals surface area contributed by atoms with E-state index >= 15 is 0 Å². The van der Waals surface area contributed by atoms with Crippen LogP contribution in [0.5, 0.6) is 0 Å². The average Bonchev–Trinajstić information content (AvgIpc) is 2.07. The van der Waals surface area contributed by atoms with Gasteiger partial charge in [0.1, 0.15) is 6.04 Å². The van der Waals surface area contributed by atoms with E-state index in [4.69, 9.17) is 12.3 Å². The van der Waals surface area contributed by atoms with Crippen molar-refractivity contribution in [2.24, 2.45) is 5.84 Å². The zero-order valence-electron chi connectivity index (χ0n) is 6.91. The second-order valence-corrected chi connectivity index (χ2v) is 2.47. The molecule has 0 aliphatic carbocycles. The van der Waals surface area contributed by atoms with Crippen LogP contribution in [0.1, 0.15) is 17.4 Å². The van der Waals surface area contributed by atoms with Crippen LogP contribution < -0.4 is 11.3 Å². The number of hydrazine groups is 1. The molecule has 62 valence electrons. The van der Waals surface area contributed by atoms with Crippen molar-refractivity contribution in [3.63, 3.8) is 0 Å². The lowest BCUT2D eigenvalue weighted by Crippen LogP contribution is -2.27. The van der Waals surface area contributed by atoms with Crippen molar-refractivity contribution < 1.29 is 0 Å². The summed E-state index contributed by atoms with van der Waals surface area (Å²) < 4.78 is 0. The van der Waals surface area contributed by atoms with Gasteiger partial charge in [0.2, 0.25) is 0 Å². The SMILES string of the molecule is C#CC(NN)c1cccc(C)n1. The maximum Gasteiger partial charge on any atom is 0.123 e. The van der Waals surface area contributed by atoms with Crippen LogP contribution in [0.4, 0.5) is 0 Å². The second kappa shape index (κ2) is 3.86. The van der Waals surface area contributed by atoms with Gasteiger partial charge in [-0.25, -0.2) is 5.43 Å². The van der Waals surface area contributed by atoms with E-state index in [1.807, 2.05) is 25.1 Å². The van der Waals surface area contributed by atoms with Crippen LogP contribution in [0.15, 0.2) is 18.2 Å². The zero-order valence-corrected chi connectivity index (χ0v) is 6.91. The number of aromatic nitrogens is 1. The predicted octanol–water partition coefficient (Wildman–Crippen LogP) is 0.528. The van der Waals surface area contributed by atoms with E-state index in [0.717, 1.165) is 11.4 Å². The number of terminal acetylenes is 1. The third-order valence-corrected chi connectivity index (χ3v) is 1.54. The number of pyridine rings is 1. The molecular formula is C9H11N3. The van der Waals surface area contributed by atoms with E-state index in [-0.39, 0.29) is 6.04 Å². The first-order valence-corrected chi connectivity index (χ1v) is 3.63. The summed E-state index contributed by atoms with van der Waals surface area (Å²) in [6, 6.07) is 5.36. The Hall–Kier alpha value is -1.37. The van der Waals surface area contributed by atoms with Crippen molar-refractivity contribution in [3.05, 3.63) is 29.6 Å². The summed E-state index contributed by atoms with van der Waals surface area (Å²) in [5, 5.41) is 0. The maximum absolute atomic E-state index is 5.23. The van der Waals surface area contributed by atoms with Crippen LogP contribution in [-0.2, 0) is 0 Å². The van der Waals surface area contributed by atoms with Crippen LogP contribution >= 0.6 is 0 Å². The van der Waals surface area contributed by atoms with Gasteiger partial charge in [0.05, 0.1) is 5.69 Å². The first kappa shape index (κ1) is 8.72. The molecule has 1 rings (SSSR count). The van der Waals surface area contributed by atoms with E-state index < -0.39 is 0 Å². The summed E-state index contributed by atoms with van der Waals surface area (Å²) >= 11 is 0. The summed E-state index contributed by atoms with van der Waals surface area (Å²) in [5.74, 6) is 7.73. The molecule has 0 spiro atoms. The van der Waals surface area contributed by atoms with Crippen LogP contribution in [0.2, 0.25) is 0 Å². The minimum absolute atomic E-state index is 0.301. The van der Waals surface area contributed by atoms with Crippen molar-refractivity contribution in [1.29, 1.82) is 0 Å². The molecule has 1 aromatic heterocycles. The molecule has 0 aliphatic heterocycles. The smallest absolute Gasteiger partial charge is 0.123 e. The van der Waals surface area contributed by atoms with Gasteiger partial charge in [0.25, 0.3) is 0 Å². The average molecular weight is 161 g/mol. The topological polar surface area (TPSA) is 50.9 Å². The summed E-state index contributed by atoms with van der Waals surface area (Å²) in [7, 11) is 0. The van der Waals surface area contributed by atoms with Gasteiger partial charge in [-0.05, 0) is 19.1 Å². The molecule has 0 aliphatic rings. The first-order valence-electron chi connectivity index (χ1n) is 3.63. The predicted molar refractivity (Wildman–Crippen MR) is 47.9 cm³/mol. The largest absolute Gasteiger partial charge is 0.270 e. The van der Waals surface area contributed by atoms with Crippen molar-refractivity contribution in [2.45, 2.75) is 13.0 Å². The lowest BCUT2D eigenvalue weighted by Gasteiger charge is -2.08. The standard InChI is InChI=1S/C9H11N3/c1-3-8(12-10)9-6-4-5-7(2)11-9/h1,4-6,8,12H,10H2,2H3. The molecule has 3 N–H and O–H groups in total. The van der Waals surface area contributed by atoms with Gasteiger partial charge < -0.3 is 0 Å². The van der Waals surface area contributed by atoms with Crippen molar-refractivity contribution >= 4 is 0 Å². The fourth-order valence-electron chi connectivity index (χ4n) is 0.944. The molecule has 1 heterocycles. The number of hydrogen-bond donors (Lipinski definition) is 2. The molecule has 0 aromatic carbocycles. The number of nitrogens with one attached hydrogen (secondary N) is 1. The highest BCUT2D eigenvalue weighted by Crippen LogP contribution is 2.07. The minimum atomic E-state index is -0.301. The third kappa shape index (κ3) is 1.82. The van der Waals surface area contributed by atoms with Gasteiger partial charge in [0, 0.05) is 5.69 Å². The van der Waals surface area contributed by atoms with E-state index in [0.29, 0.717) is 0 Å². The molecule has 1 atom stereocenters. The van der Waals surface area contributed by atoms with Crippen LogP contribution in [0.25, 0.3) is 0 Å². The first-order chi connectivity index (χ1) is 5.77. The Morgan fingerprint density at radius 3 is 2.92 bits per heavy atom. The van der Waals surface area contributed by atoms with Crippen molar-refractivity contribution in [1.82, 2.24) is 10.4 Å². The number of rotatable bonds is 2. The molecule has 0 bridgehead atoms. The van der Waals surface area contributed by atoms with Gasteiger partial charge in [-0.1, -0.05) is 12.0 Å². The Labute approximate surface area is 72.0 Å². The third-order valence-electron chi connectivity index (χ3n) is 1.54. The quantitative estimate of drug-likeness (QED) is 0.378. The highest BCUT2D eigenvalue weighted by molar-refractivity contribution is 5.20. The van der Waals surface area contributed by atoms with Gasteiger partial charge in [-0.2, -0.15) is 0 Å². The fraction of sp³-hybridized carbons (Fsp3) is 0.222. The lowest BCUT2D eigenvalue weighted by molar-refractivity contribution is 0.654. The highest BCUT2D eigenvalue weighted by Gasteiger charge is 2.05. The van der Waals surface area contributed by atoms with Crippen LogP contribution in [0.3, 0.4) is 0 Å². The lowest BCUT2D eigenvalue weighted by atomic mass is 10.2. The highest BCUT2D eigenvalue weighted by atomic mass is 15.2. The number of aryl methyl sites for hydroxylation is 1. The van der Waals surface area contributed by atoms with Gasteiger partial charge >= 0.3 is 0 Å². The molecular weight excluding hydrogens is 150 g/mol. The zero-order chi connectivity index (χ0) is 8.97. The Bertz CT molecular complexity index is 301. The second-order valence-electron chi connectivity index (χ2n) is 2.47. The molecule has 1 unspecified atom stereocenters. The van der Waals surface area contributed by atoms with E-state index in [1.165, 1.54) is 0 Å². The summed E-state index contributed by atoms with van der Waals surface area (Å²) in [5.41, 5.74) is 4.21. The van der Waals surface area contributed by atoms with E-state index in [2.05, 4.69) is 16.3 Å². The summed E-state index contributed by atoms with van der Waals surface area (Å²) in [6.07, 6.45) is 5.23. The molecule has 12 heavy (non-hydrogen) atoms. The number of hydrogen-bond acceptors (Lipinski definition) is 3. The molecule has 3 heteroatoms. The maximum atomic E-state index is 5.23. The van der Waals surface area contributed by atoms with E-state index in [1.54, 1.807) is 0 Å². The summed E-state index contributed by atoms with van der Waals surface area (Å²) in [6.45, 7) is 1.91. The summed E-state index contributed by atoms with van der Waals surface area (Å²) in [4.78, 5) is 4.23. The van der Waals surface area contributed by atoms with Crippen LogP contribution in [0, 0.1) is 19.3 Å². The van der Waals surface area contributed by atoms with Crippen LogP contribution in [-0.4, -0.2) is 4.98 Å². The van der Waals surface area contributed by atoms with Gasteiger partial charge in [-0.3, -0.25) is 10.8 Å². The Kier molecular flexibility index (Phi) is 2.81. The molecule has 3 nitrogen and oxygen atoms in total. The van der Waals surface area contributed by atoms with Crippen molar-refractivity contribution in [3.8, 4) is 12.3 Å². The molecule has 0 radical (unpaired) electrons. The number of nitrogens with two attached hydrogens (primary N) is 1. The van der Waals surface area contributed by atoms with E-state index in [9.17, 15) is 0 Å². The molecule has 0 saturated heterocycles. The number of nitrogens with zero attached hydrogens (tertiary/aromatic N) is 1. The monoisotopic (exact) mass is 161 g/mol. The molecule has 1 aromatic rings. The van der Waals surface area contributed by atoms with Gasteiger partial charge in [-0.15, -0.1) is 6.42 Å². The van der Waals surface area contributed by atoms with Crippen molar-refractivity contribution in [2.75, 3.05) is 0 Å². The van der Waals surface area contributed by atoms with Gasteiger partial charge in [0.15, 0.2) is 0 Å². The fourth-order valence-corrected chi connectivity index (χ4v) is 0.944. The molecule has 0 fully saturated rings. The minimum Gasteiger partial charge on any atom is -0.270 e. The Morgan fingerprint density at radius 1 is 1.67 bits per heavy atom. The Balaban J connectivity index is 2.95. The normalized spacial score (nSPS) is 12.1. The Morgan fingerprint density at radius 2 is 2.42 bits per heavy atom. The molecule has 0 amide bonds.